The minimum atomic E-state index is -0.400. The average Bonchev–Trinajstić information content (AvgIpc) is 3.23. The van der Waals surface area contributed by atoms with E-state index in [9.17, 15) is 14.4 Å². The van der Waals surface area contributed by atoms with E-state index in [1.807, 2.05) is 52.3 Å². The van der Waals surface area contributed by atoms with Gasteiger partial charge in [-0.05, 0) is 49.1 Å². The number of rotatable bonds is 8. The van der Waals surface area contributed by atoms with Crippen LogP contribution in [0, 0.1) is 5.92 Å². The molecule has 0 aliphatic carbocycles. The molecule has 0 saturated carbocycles. The van der Waals surface area contributed by atoms with Gasteiger partial charge >= 0.3 is 0 Å². The van der Waals surface area contributed by atoms with Crippen molar-refractivity contribution >= 4 is 17.7 Å². The summed E-state index contributed by atoms with van der Waals surface area (Å²) < 4.78 is 5.29. The number of hydrogen-bond acceptors (Lipinski definition) is 4. The highest BCUT2D eigenvalue weighted by molar-refractivity contribution is 5.94. The van der Waals surface area contributed by atoms with Crippen LogP contribution in [0.15, 0.2) is 54.6 Å². The third-order valence-electron chi connectivity index (χ3n) is 7.14. The van der Waals surface area contributed by atoms with E-state index in [1.54, 1.807) is 19.2 Å². The van der Waals surface area contributed by atoms with E-state index in [0.717, 1.165) is 24.2 Å². The lowest BCUT2D eigenvalue weighted by molar-refractivity contribution is -0.137. The molecule has 4 rings (SSSR count). The first-order chi connectivity index (χ1) is 17.0. The molecule has 0 aromatic heterocycles. The zero-order valence-electron chi connectivity index (χ0n) is 20.6. The van der Waals surface area contributed by atoms with Gasteiger partial charge in [-0.25, -0.2) is 0 Å². The fourth-order valence-corrected chi connectivity index (χ4v) is 5.15. The van der Waals surface area contributed by atoms with E-state index in [-0.39, 0.29) is 36.2 Å². The van der Waals surface area contributed by atoms with Gasteiger partial charge in [0.05, 0.1) is 19.1 Å². The van der Waals surface area contributed by atoms with Gasteiger partial charge in [-0.1, -0.05) is 43.7 Å². The topological polar surface area (TPSA) is 79.0 Å². The van der Waals surface area contributed by atoms with Gasteiger partial charge < -0.3 is 19.9 Å². The summed E-state index contributed by atoms with van der Waals surface area (Å²) in [6.07, 6.45) is 3.55. The van der Waals surface area contributed by atoms with Crippen LogP contribution in [-0.4, -0.2) is 60.3 Å². The monoisotopic (exact) mass is 477 g/mol. The average molecular weight is 478 g/mol. The van der Waals surface area contributed by atoms with Crippen LogP contribution >= 0.6 is 0 Å². The van der Waals surface area contributed by atoms with Crippen molar-refractivity contribution in [2.75, 3.05) is 26.7 Å². The van der Waals surface area contributed by atoms with Gasteiger partial charge in [0.1, 0.15) is 5.75 Å². The Kier molecular flexibility index (Phi) is 8.06. The van der Waals surface area contributed by atoms with Crippen LogP contribution in [-0.2, 0) is 9.59 Å². The Bertz CT molecular complexity index is 1020. The van der Waals surface area contributed by atoms with Crippen molar-refractivity contribution in [1.82, 2.24) is 15.1 Å². The number of ether oxygens (including phenoxy) is 1. The first-order valence-electron chi connectivity index (χ1n) is 12.6. The number of nitrogens with one attached hydrogen (secondary N) is 1. The van der Waals surface area contributed by atoms with Crippen molar-refractivity contribution in [1.29, 1.82) is 0 Å². The van der Waals surface area contributed by atoms with Gasteiger partial charge in [-0.3, -0.25) is 14.4 Å². The molecule has 3 amide bonds. The van der Waals surface area contributed by atoms with Gasteiger partial charge in [0.25, 0.3) is 5.91 Å². The van der Waals surface area contributed by atoms with Crippen molar-refractivity contribution in [3.8, 4) is 5.75 Å². The Hall–Kier alpha value is -3.35. The quantitative estimate of drug-likeness (QED) is 0.627. The van der Waals surface area contributed by atoms with Crippen molar-refractivity contribution < 1.29 is 19.1 Å². The van der Waals surface area contributed by atoms with Crippen LogP contribution in [0.2, 0.25) is 0 Å². The maximum atomic E-state index is 13.7. The molecule has 2 aromatic rings. The van der Waals surface area contributed by atoms with Crippen LogP contribution in [0.25, 0.3) is 0 Å². The third-order valence-corrected chi connectivity index (χ3v) is 7.14. The Balaban J connectivity index is 1.43. The Labute approximate surface area is 207 Å². The molecule has 2 atom stereocenters. The second kappa shape index (κ2) is 11.4. The number of unbranched alkanes of at least 4 members (excludes halogenated alkanes) is 1. The van der Waals surface area contributed by atoms with Crippen LogP contribution in [0.5, 0.6) is 5.75 Å². The molecule has 186 valence electrons. The summed E-state index contributed by atoms with van der Waals surface area (Å²) in [5.41, 5.74) is 1.61. The molecule has 0 radical (unpaired) electrons. The maximum Gasteiger partial charge on any atom is 0.251 e. The number of benzene rings is 2. The molecule has 2 fully saturated rings. The highest BCUT2D eigenvalue weighted by Gasteiger charge is 2.45. The second-order valence-electron chi connectivity index (χ2n) is 9.41. The maximum absolute atomic E-state index is 13.7. The summed E-state index contributed by atoms with van der Waals surface area (Å²) in [5, 5.41) is 3.10. The molecule has 0 spiro atoms. The van der Waals surface area contributed by atoms with Crippen LogP contribution in [0.3, 0.4) is 0 Å². The number of carbonyl (C=O) groups is 3. The molecule has 2 aliphatic heterocycles. The Morgan fingerprint density at radius 3 is 2.34 bits per heavy atom. The molecule has 0 unspecified atom stereocenters. The zero-order chi connectivity index (χ0) is 24.8. The standard InChI is InChI=1S/C28H35N3O4/c1-3-4-16-31-25(32)19-24(26(31)20-10-12-23(35-2)13-11-20)28(34)30-17-14-22(15-18-30)29-27(33)21-8-6-5-7-9-21/h5-13,22,24,26H,3-4,14-19H2,1-2H3,(H,29,33)/t24-,26+/m1/s1. The van der Waals surface area contributed by atoms with E-state index in [4.69, 9.17) is 4.74 Å². The Morgan fingerprint density at radius 2 is 1.71 bits per heavy atom. The van der Waals surface area contributed by atoms with E-state index < -0.39 is 5.92 Å². The van der Waals surface area contributed by atoms with E-state index >= 15 is 0 Å². The first kappa shape index (κ1) is 24.8. The minimum absolute atomic E-state index is 0.0333. The van der Waals surface area contributed by atoms with Gasteiger partial charge in [0.15, 0.2) is 0 Å². The summed E-state index contributed by atoms with van der Waals surface area (Å²) in [6, 6.07) is 16.7. The lowest BCUT2D eigenvalue weighted by atomic mass is 9.91. The van der Waals surface area contributed by atoms with Gasteiger partial charge in [-0.2, -0.15) is 0 Å². The molecule has 35 heavy (non-hydrogen) atoms. The second-order valence-corrected chi connectivity index (χ2v) is 9.41. The fourth-order valence-electron chi connectivity index (χ4n) is 5.15. The van der Waals surface area contributed by atoms with Crippen molar-refractivity contribution in [2.45, 2.75) is 51.1 Å². The van der Waals surface area contributed by atoms with Gasteiger partial charge in [-0.15, -0.1) is 0 Å². The fraction of sp³-hybridized carbons (Fsp3) is 0.464. The number of likely N-dealkylation sites (tertiary alicyclic amines) is 2. The minimum Gasteiger partial charge on any atom is -0.497 e. The molecule has 2 heterocycles. The number of piperidine rings is 1. The number of hydrogen-bond donors (Lipinski definition) is 1. The SMILES string of the molecule is CCCCN1C(=O)C[C@@H](C(=O)N2CCC(NC(=O)c3ccccc3)CC2)[C@@H]1c1ccc(OC)cc1. The Morgan fingerprint density at radius 1 is 1.03 bits per heavy atom. The molecule has 2 aromatic carbocycles. The molecule has 2 aliphatic rings. The summed E-state index contributed by atoms with van der Waals surface area (Å²) in [4.78, 5) is 42.9. The zero-order valence-corrected chi connectivity index (χ0v) is 20.6. The van der Waals surface area contributed by atoms with Crippen LogP contribution < -0.4 is 10.1 Å². The highest BCUT2D eigenvalue weighted by Crippen LogP contribution is 2.40. The lowest BCUT2D eigenvalue weighted by Gasteiger charge is -2.36. The summed E-state index contributed by atoms with van der Waals surface area (Å²) in [6.45, 7) is 3.91. The lowest BCUT2D eigenvalue weighted by Crippen LogP contribution is -2.48. The highest BCUT2D eigenvalue weighted by atomic mass is 16.5. The van der Waals surface area contributed by atoms with Gasteiger partial charge in [0.2, 0.25) is 11.8 Å². The molecular weight excluding hydrogens is 442 g/mol. The molecule has 7 heteroatoms. The smallest absolute Gasteiger partial charge is 0.251 e. The van der Waals surface area contributed by atoms with E-state index in [2.05, 4.69) is 12.2 Å². The number of methoxy groups -OCH3 is 1. The number of carbonyl (C=O) groups excluding carboxylic acids is 3. The number of amides is 3. The molecular formula is C28H35N3O4. The van der Waals surface area contributed by atoms with Gasteiger partial charge in [0, 0.05) is 37.7 Å². The molecule has 0 bridgehead atoms. The van der Waals surface area contributed by atoms with E-state index in [1.165, 1.54) is 0 Å². The van der Waals surface area contributed by atoms with Crippen molar-refractivity contribution in [3.05, 3.63) is 65.7 Å². The number of nitrogens with zero attached hydrogens (tertiary/aromatic N) is 2. The largest absolute Gasteiger partial charge is 0.497 e. The predicted octanol–water partition coefficient (Wildman–Crippen LogP) is 3.81. The van der Waals surface area contributed by atoms with Crippen LogP contribution in [0.1, 0.15) is 61.0 Å². The normalized spacial score (nSPS) is 20.7. The van der Waals surface area contributed by atoms with Crippen molar-refractivity contribution in [3.63, 3.8) is 0 Å². The summed E-state index contributed by atoms with van der Waals surface area (Å²) in [7, 11) is 1.62. The summed E-state index contributed by atoms with van der Waals surface area (Å²) >= 11 is 0. The van der Waals surface area contributed by atoms with Crippen molar-refractivity contribution in [2.24, 2.45) is 5.92 Å². The molecule has 7 nitrogen and oxygen atoms in total. The third kappa shape index (κ3) is 5.66. The molecule has 2 saturated heterocycles. The predicted molar refractivity (Wildman–Crippen MR) is 134 cm³/mol. The van der Waals surface area contributed by atoms with E-state index in [0.29, 0.717) is 38.0 Å². The summed E-state index contributed by atoms with van der Waals surface area (Å²) in [5.74, 6) is 0.348. The first-order valence-corrected chi connectivity index (χ1v) is 12.6. The molecule has 1 N–H and O–H groups in total. The van der Waals surface area contributed by atoms with Crippen LogP contribution in [0.4, 0.5) is 0 Å².